The van der Waals surface area contributed by atoms with Gasteiger partial charge in [-0.15, -0.1) is 0 Å². The number of ether oxygens (including phenoxy) is 1. The largest absolute Gasteiger partial charge is 0.391 e. The molecule has 0 spiro atoms. The molecule has 0 amide bonds. The molecule has 1 aromatic carbocycles. The lowest BCUT2D eigenvalue weighted by Crippen LogP contribution is -2.33. The van der Waals surface area contributed by atoms with Crippen molar-refractivity contribution in [2.24, 2.45) is 0 Å². The van der Waals surface area contributed by atoms with E-state index in [0.717, 1.165) is 5.56 Å². The minimum atomic E-state index is -3.64. The van der Waals surface area contributed by atoms with Crippen LogP contribution in [-0.2, 0) is 25.6 Å². The Kier molecular flexibility index (Phi) is 5.60. The predicted octanol–water partition coefficient (Wildman–Crippen LogP) is 2.24. The normalized spacial score (nSPS) is 18.4. The topological polar surface area (TPSA) is 72.8 Å². The van der Waals surface area contributed by atoms with Crippen LogP contribution in [-0.4, -0.2) is 37.1 Å². The summed E-state index contributed by atoms with van der Waals surface area (Å²) in [5, 5.41) is 10.1. The highest BCUT2D eigenvalue weighted by molar-refractivity contribution is 7.88. The van der Waals surface area contributed by atoms with Crippen molar-refractivity contribution in [1.82, 2.24) is 0 Å². The summed E-state index contributed by atoms with van der Waals surface area (Å²) < 4.78 is 34.0. The van der Waals surface area contributed by atoms with Crippen molar-refractivity contribution >= 4 is 10.1 Å². The summed E-state index contributed by atoms with van der Waals surface area (Å²) in [5.41, 5.74) is 1.02. The number of hydrogen-bond donors (Lipinski definition) is 1. The minimum absolute atomic E-state index is 0.119. The molecule has 0 radical (unpaired) electrons. The number of hydrogen-bond acceptors (Lipinski definition) is 5. The summed E-state index contributed by atoms with van der Waals surface area (Å²) >= 11 is 0. The van der Waals surface area contributed by atoms with Crippen LogP contribution in [0.5, 0.6) is 0 Å². The lowest BCUT2D eigenvalue weighted by atomic mass is 10.2. The second-order valence-electron chi connectivity index (χ2n) is 6.14. The maximum absolute atomic E-state index is 12.2. The molecule has 0 bridgehead atoms. The Morgan fingerprint density at radius 3 is 2.41 bits per heavy atom. The molecule has 1 aliphatic rings. The monoisotopic (exact) mass is 328 g/mol. The molecule has 124 valence electrons. The SMILES string of the molecule is CC(C)OS(=O)(=O)C1(C[C@@H](O)COCc2ccccc2)CC1. The molecule has 0 aromatic heterocycles. The quantitative estimate of drug-likeness (QED) is 0.704. The van der Waals surface area contributed by atoms with Gasteiger partial charge >= 0.3 is 0 Å². The highest BCUT2D eigenvalue weighted by atomic mass is 32.2. The molecular formula is C16H24O5S. The van der Waals surface area contributed by atoms with Gasteiger partial charge in [0, 0.05) is 0 Å². The lowest BCUT2D eigenvalue weighted by Gasteiger charge is -2.20. The van der Waals surface area contributed by atoms with Crippen LogP contribution in [0.4, 0.5) is 0 Å². The van der Waals surface area contributed by atoms with E-state index in [4.69, 9.17) is 8.92 Å². The van der Waals surface area contributed by atoms with Gasteiger partial charge in [0.25, 0.3) is 10.1 Å². The highest BCUT2D eigenvalue weighted by Gasteiger charge is 2.56. The van der Waals surface area contributed by atoms with Crippen LogP contribution in [0.3, 0.4) is 0 Å². The zero-order valence-electron chi connectivity index (χ0n) is 13.1. The van der Waals surface area contributed by atoms with Gasteiger partial charge in [0.2, 0.25) is 0 Å². The zero-order valence-corrected chi connectivity index (χ0v) is 13.9. The summed E-state index contributed by atoms with van der Waals surface area (Å²) in [6.45, 7) is 3.90. The summed E-state index contributed by atoms with van der Waals surface area (Å²) in [6.07, 6.45) is 0.0533. The first kappa shape index (κ1) is 17.4. The fourth-order valence-electron chi connectivity index (χ4n) is 2.43. The second-order valence-corrected chi connectivity index (χ2v) is 8.11. The van der Waals surface area contributed by atoms with E-state index in [1.807, 2.05) is 30.3 Å². The van der Waals surface area contributed by atoms with Crippen LogP contribution in [0.2, 0.25) is 0 Å². The van der Waals surface area contributed by atoms with Crippen LogP contribution in [0, 0.1) is 0 Å². The Labute approximate surface area is 132 Å². The molecule has 1 atom stereocenters. The summed E-state index contributed by atoms with van der Waals surface area (Å²) in [4.78, 5) is 0. The van der Waals surface area contributed by atoms with E-state index in [0.29, 0.717) is 19.4 Å². The Morgan fingerprint density at radius 2 is 1.86 bits per heavy atom. The molecular weight excluding hydrogens is 304 g/mol. The highest BCUT2D eigenvalue weighted by Crippen LogP contribution is 2.48. The maximum Gasteiger partial charge on any atom is 0.273 e. The Morgan fingerprint density at radius 1 is 1.23 bits per heavy atom. The Balaban J connectivity index is 1.80. The van der Waals surface area contributed by atoms with Crippen molar-refractivity contribution in [3.63, 3.8) is 0 Å². The van der Waals surface area contributed by atoms with Gasteiger partial charge in [0.15, 0.2) is 0 Å². The number of benzene rings is 1. The van der Waals surface area contributed by atoms with Gasteiger partial charge in [0.05, 0.1) is 25.4 Å². The first-order valence-corrected chi connectivity index (χ1v) is 8.98. The molecule has 22 heavy (non-hydrogen) atoms. The second kappa shape index (κ2) is 7.08. The fraction of sp³-hybridized carbons (Fsp3) is 0.625. The van der Waals surface area contributed by atoms with Crippen molar-refractivity contribution in [3.8, 4) is 0 Å². The molecule has 1 fully saturated rings. The van der Waals surface area contributed by atoms with Gasteiger partial charge in [-0.25, -0.2) is 0 Å². The van der Waals surface area contributed by atoms with Gasteiger partial charge < -0.3 is 9.84 Å². The van der Waals surface area contributed by atoms with Crippen molar-refractivity contribution in [3.05, 3.63) is 35.9 Å². The van der Waals surface area contributed by atoms with E-state index in [1.165, 1.54) is 0 Å². The minimum Gasteiger partial charge on any atom is -0.391 e. The van der Waals surface area contributed by atoms with Crippen molar-refractivity contribution in [2.75, 3.05) is 6.61 Å². The van der Waals surface area contributed by atoms with Crippen molar-refractivity contribution < 1.29 is 22.4 Å². The van der Waals surface area contributed by atoms with Gasteiger partial charge in [-0.05, 0) is 38.7 Å². The first-order chi connectivity index (χ1) is 10.3. The van der Waals surface area contributed by atoms with Gasteiger partial charge in [-0.2, -0.15) is 8.42 Å². The van der Waals surface area contributed by atoms with Gasteiger partial charge in [-0.1, -0.05) is 30.3 Å². The molecule has 0 unspecified atom stereocenters. The van der Waals surface area contributed by atoms with Crippen LogP contribution in [0.15, 0.2) is 30.3 Å². The van der Waals surface area contributed by atoms with Crippen molar-refractivity contribution in [2.45, 2.75) is 56.7 Å². The van der Waals surface area contributed by atoms with E-state index in [1.54, 1.807) is 13.8 Å². The molecule has 0 saturated heterocycles. The van der Waals surface area contributed by atoms with E-state index in [2.05, 4.69) is 0 Å². The smallest absolute Gasteiger partial charge is 0.273 e. The van der Waals surface area contributed by atoms with E-state index >= 15 is 0 Å². The third-order valence-electron chi connectivity index (χ3n) is 3.69. The maximum atomic E-state index is 12.2. The summed E-state index contributed by atoms with van der Waals surface area (Å²) in [6, 6.07) is 9.65. The summed E-state index contributed by atoms with van der Waals surface area (Å²) in [7, 11) is -3.64. The Hall–Kier alpha value is -0.950. The first-order valence-electron chi connectivity index (χ1n) is 7.57. The molecule has 0 heterocycles. The zero-order chi connectivity index (χ0) is 16.2. The molecule has 6 heteroatoms. The van der Waals surface area contributed by atoms with Crippen LogP contribution >= 0.6 is 0 Å². The van der Waals surface area contributed by atoms with Gasteiger partial charge in [0.1, 0.15) is 4.75 Å². The molecule has 0 aliphatic heterocycles. The van der Waals surface area contributed by atoms with E-state index in [9.17, 15) is 13.5 Å². The van der Waals surface area contributed by atoms with Crippen LogP contribution < -0.4 is 0 Å². The standard InChI is InChI=1S/C16H24O5S/c1-13(2)21-22(18,19)16(8-9-16)10-15(17)12-20-11-14-6-4-3-5-7-14/h3-7,13,15,17H,8-12H2,1-2H3/t15-/m1/s1. The Bertz CT molecular complexity index is 563. The third kappa shape index (κ3) is 4.52. The number of aliphatic hydroxyl groups is 1. The molecule has 5 nitrogen and oxygen atoms in total. The average Bonchev–Trinajstić information content (AvgIpc) is 3.20. The molecule has 1 N–H and O–H groups in total. The number of rotatable bonds is 9. The number of aliphatic hydroxyl groups excluding tert-OH is 1. The molecule has 2 rings (SSSR count). The van der Waals surface area contributed by atoms with E-state index in [-0.39, 0.29) is 19.1 Å². The molecule has 1 aromatic rings. The molecule has 1 saturated carbocycles. The lowest BCUT2D eigenvalue weighted by molar-refractivity contribution is 0.0225. The van der Waals surface area contributed by atoms with Crippen LogP contribution in [0.25, 0.3) is 0 Å². The van der Waals surface area contributed by atoms with Crippen LogP contribution in [0.1, 0.15) is 38.7 Å². The average molecular weight is 328 g/mol. The predicted molar refractivity (Wildman–Crippen MR) is 83.8 cm³/mol. The summed E-state index contributed by atoms with van der Waals surface area (Å²) in [5.74, 6) is 0. The van der Waals surface area contributed by atoms with Crippen molar-refractivity contribution in [1.29, 1.82) is 0 Å². The van der Waals surface area contributed by atoms with E-state index < -0.39 is 21.0 Å². The fourth-order valence-corrected chi connectivity index (χ4v) is 4.14. The molecule has 1 aliphatic carbocycles. The third-order valence-corrected chi connectivity index (χ3v) is 5.96. The van der Waals surface area contributed by atoms with Gasteiger partial charge in [-0.3, -0.25) is 4.18 Å².